The van der Waals surface area contributed by atoms with E-state index in [1.54, 1.807) is 13.8 Å². The van der Waals surface area contributed by atoms with Gasteiger partial charge >= 0.3 is 0 Å². The van der Waals surface area contributed by atoms with Crippen LogP contribution in [0.25, 0.3) is 0 Å². The third-order valence-electron chi connectivity index (χ3n) is 2.42. The van der Waals surface area contributed by atoms with Crippen LogP contribution in [0.1, 0.15) is 23.5 Å². The molecule has 1 aromatic rings. The van der Waals surface area contributed by atoms with E-state index in [9.17, 15) is 13.2 Å². The molecule has 0 saturated carbocycles. The Labute approximate surface area is 117 Å². The molecule has 1 rings (SSSR count). The van der Waals surface area contributed by atoms with Crippen molar-refractivity contribution in [2.24, 2.45) is 0 Å². The molecule has 0 spiro atoms. The van der Waals surface area contributed by atoms with Gasteiger partial charge in [-0.1, -0.05) is 0 Å². The third-order valence-corrected chi connectivity index (χ3v) is 5.30. The maximum atomic E-state index is 11.9. The van der Waals surface area contributed by atoms with E-state index in [1.807, 2.05) is 0 Å². The Balaban J connectivity index is 2.96. The summed E-state index contributed by atoms with van der Waals surface area (Å²) in [4.78, 5) is 12.3. The normalized spacial score (nSPS) is 12.7. The molecule has 0 radical (unpaired) electrons. The van der Waals surface area contributed by atoms with Crippen LogP contribution in [0.3, 0.4) is 0 Å². The molecule has 0 bridgehead atoms. The number of nitrogens with zero attached hydrogens (tertiary/aromatic N) is 1. The number of amides is 1. The van der Waals surface area contributed by atoms with Gasteiger partial charge < -0.3 is 10.4 Å². The van der Waals surface area contributed by atoms with E-state index in [4.69, 9.17) is 5.11 Å². The summed E-state index contributed by atoms with van der Waals surface area (Å²) in [5, 5.41) is 13.1. The number of aliphatic hydroxyl groups is 1. The number of hydrogen-bond acceptors (Lipinski definition) is 5. The first-order valence-electron chi connectivity index (χ1n) is 5.54. The second-order valence-corrected chi connectivity index (χ2v) is 7.99. The SMILES string of the molecule is CN(C)S(=O)(=O)c1csc(C(=O)NC(C)(C)CO)c1. The highest BCUT2D eigenvalue weighted by Gasteiger charge is 2.24. The first-order valence-corrected chi connectivity index (χ1v) is 7.86. The summed E-state index contributed by atoms with van der Waals surface area (Å²) >= 11 is 1.05. The lowest BCUT2D eigenvalue weighted by Crippen LogP contribution is -2.46. The highest BCUT2D eigenvalue weighted by atomic mass is 32.2. The highest BCUT2D eigenvalue weighted by molar-refractivity contribution is 7.89. The van der Waals surface area contributed by atoms with Crippen molar-refractivity contribution in [1.29, 1.82) is 0 Å². The summed E-state index contributed by atoms with van der Waals surface area (Å²) < 4.78 is 24.8. The van der Waals surface area contributed by atoms with Gasteiger partial charge in [-0.25, -0.2) is 12.7 Å². The average Bonchev–Trinajstić information content (AvgIpc) is 2.78. The smallest absolute Gasteiger partial charge is 0.261 e. The molecule has 0 aliphatic rings. The summed E-state index contributed by atoms with van der Waals surface area (Å²) in [6, 6.07) is 1.34. The van der Waals surface area contributed by atoms with Crippen molar-refractivity contribution in [3.8, 4) is 0 Å². The van der Waals surface area contributed by atoms with Crippen molar-refractivity contribution in [2.45, 2.75) is 24.3 Å². The van der Waals surface area contributed by atoms with Crippen molar-refractivity contribution in [3.63, 3.8) is 0 Å². The Hall–Kier alpha value is -0.960. The number of carbonyl (C=O) groups is 1. The Morgan fingerprint density at radius 3 is 2.53 bits per heavy atom. The number of thiophene rings is 1. The standard InChI is InChI=1S/C11H18N2O4S2/c1-11(2,7-14)12-10(15)9-5-8(6-18-9)19(16,17)13(3)4/h5-6,14H,7H2,1-4H3,(H,12,15). The van der Waals surface area contributed by atoms with Gasteiger partial charge in [0.25, 0.3) is 5.91 Å². The van der Waals surface area contributed by atoms with Crippen LogP contribution in [0.15, 0.2) is 16.3 Å². The van der Waals surface area contributed by atoms with Gasteiger partial charge in [0.1, 0.15) is 0 Å². The second kappa shape index (κ2) is 5.58. The molecular formula is C11H18N2O4S2. The Kier molecular flexibility index (Phi) is 4.72. The van der Waals surface area contributed by atoms with Gasteiger partial charge in [0.05, 0.1) is 21.9 Å². The molecule has 19 heavy (non-hydrogen) atoms. The van der Waals surface area contributed by atoms with Gasteiger partial charge in [0.2, 0.25) is 10.0 Å². The van der Waals surface area contributed by atoms with Gasteiger partial charge in [0, 0.05) is 19.5 Å². The molecule has 2 N–H and O–H groups in total. The number of carbonyl (C=O) groups excluding carboxylic acids is 1. The van der Waals surface area contributed by atoms with Crippen molar-refractivity contribution in [3.05, 3.63) is 16.3 Å². The maximum Gasteiger partial charge on any atom is 0.261 e. The molecule has 0 aromatic carbocycles. The fourth-order valence-electron chi connectivity index (χ4n) is 1.19. The van der Waals surface area contributed by atoms with Crippen molar-refractivity contribution in [1.82, 2.24) is 9.62 Å². The summed E-state index contributed by atoms with van der Waals surface area (Å²) in [6.45, 7) is 3.15. The number of nitrogens with one attached hydrogen (secondary N) is 1. The molecule has 0 atom stereocenters. The molecule has 1 amide bonds. The monoisotopic (exact) mass is 306 g/mol. The zero-order valence-corrected chi connectivity index (χ0v) is 12.9. The summed E-state index contributed by atoms with van der Waals surface area (Å²) in [6.07, 6.45) is 0. The minimum Gasteiger partial charge on any atom is -0.394 e. The van der Waals surface area contributed by atoms with E-state index in [2.05, 4.69) is 5.32 Å². The fourth-order valence-corrected chi connectivity index (χ4v) is 3.25. The molecule has 8 heteroatoms. The quantitative estimate of drug-likeness (QED) is 0.829. The highest BCUT2D eigenvalue weighted by Crippen LogP contribution is 2.21. The number of hydrogen-bond donors (Lipinski definition) is 2. The number of aliphatic hydroxyl groups excluding tert-OH is 1. The van der Waals surface area contributed by atoms with E-state index >= 15 is 0 Å². The molecule has 0 saturated heterocycles. The Morgan fingerprint density at radius 2 is 2.05 bits per heavy atom. The first-order chi connectivity index (χ1) is 8.60. The van der Waals surface area contributed by atoms with Crippen molar-refractivity contribution >= 4 is 27.3 Å². The molecular weight excluding hydrogens is 288 g/mol. The molecule has 0 aliphatic carbocycles. The van der Waals surface area contributed by atoms with Gasteiger partial charge in [-0.3, -0.25) is 4.79 Å². The maximum absolute atomic E-state index is 11.9. The lowest BCUT2D eigenvalue weighted by atomic mass is 10.1. The topological polar surface area (TPSA) is 86.7 Å². The van der Waals surface area contributed by atoms with Gasteiger partial charge in [-0.05, 0) is 19.9 Å². The average molecular weight is 306 g/mol. The van der Waals surface area contributed by atoms with Gasteiger partial charge in [-0.15, -0.1) is 11.3 Å². The Morgan fingerprint density at radius 1 is 1.47 bits per heavy atom. The van der Waals surface area contributed by atoms with Crippen LogP contribution in [-0.2, 0) is 10.0 Å². The van der Waals surface area contributed by atoms with E-state index in [0.717, 1.165) is 15.6 Å². The van der Waals surface area contributed by atoms with E-state index in [1.165, 1.54) is 25.5 Å². The zero-order chi connectivity index (χ0) is 14.8. The lowest BCUT2D eigenvalue weighted by molar-refractivity contribution is 0.0873. The number of sulfonamides is 1. The van der Waals surface area contributed by atoms with Crippen LogP contribution in [0, 0.1) is 0 Å². The Bertz CT molecular complexity index is 561. The van der Waals surface area contributed by atoms with Crippen molar-refractivity contribution in [2.75, 3.05) is 20.7 Å². The van der Waals surface area contributed by atoms with Crippen LogP contribution >= 0.6 is 11.3 Å². The summed E-state index contributed by atoms with van der Waals surface area (Å²) in [5.41, 5.74) is -0.748. The molecule has 6 nitrogen and oxygen atoms in total. The van der Waals surface area contributed by atoms with E-state index in [-0.39, 0.29) is 11.5 Å². The zero-order valence-electron chi connectivity index (χ0n) is 11.3. The summed E-state index contributed by atoms with van der Waals surface area (Å²) in [7, 11) is -0.660. The molecule has 1 aromatic heterocycles. The van der Waals surface area contributed by atoms with E-state index in [0.29, 0.717) is 4.88 Å². The van der Waals surface area contributed by atoms with Crippen LogP contribution in [0.2, 0.25) is 0 Å². The minimum absolute atomic E-state index is 0.0921. The second-order valence-electron chi connectivity index (χ2n) is 4.93. The van der Waals surface area contributed by atoms with Crippen molar-refractivity contribution < 1.29 is 18.3 Å². The van der Waals surface area contributed by atoms with Gasteiger partial charge in [0.15, 0.2) is 0 Å². The number of rotatable bonds is 5. The van der Waals surface area contributed by atoms with Crippen LogP contribution in [0.4, 0.5) is 0 Å². The molecule has 1 heterocycles. The molecule has 108 valence electrons. The fraction of sp³-hybridized carbons (Fsp3) is 0.545. The lowest BCUT2D eigenvalue weighted by Gasteiger charge is -2.22. The largest absolute Gasteiger partial charge is 0.394 e. The molecule has 0 unspecified atom stereocenters. The van der Waals surface area contributed by atoms with Gasteiger partial charge in [-0.2, -0.15) is 0 Å². The first kappa shape index (κ1) is 16.1. The molecule has 0 aliphatic heterocycles. The van der Waals surface area contributed by atoms with Crippen LogP contribution in [-0.4, -0.2) is 50.0 Å². The summed E-state index contributed by atoms with van der Waals surface area (Å²) in [5.74, 6) is -0.399. The predicted molar refractivity (Wildman–Crippen MR) is 73.8 cm³/mol. The van der Waals surface area contributed by atoms with E-state index < -0.39 is 21.5 Å². The van der Waals surface area contributed by atoms with Crippen LogP contribution in [0.5, 0.6) is 0 Å². The minimum atomic E-state index is -3.52. The molecule has 0 fully saturated rings. The van der Waals surface area contributed by atoms with Crippen LogP contribution < -0.4 is 5.32 Å². The third kappa shape index (κ3) is 3.75. The predicted octanol–water partition coefficient (Wildman–Crippen LogP) is 0.499.